The lowest BCUT2D eigenvalue weighted by Gasteiger charge is -2.30. The summed E-state index contributed by atoms with van der Waals surface area (Å²) in [4.78, 5) is 26.2. The Hall–Kier alpha value is -1.70. The van der Waals surface area contributed by atoms with E-state index in [4.69, 9.17) is 0 Å². The van der Waals surface area contributed by atoms with E-state index in [9.17, 15) is 9.59 Å². The van der Waals surface area contributed by atoms with Crippen molar-refractivity contribution in [2.75, 3.05) is 32.0 Å². The molecule has 0 saturated carbocycles. The second kappa shape index (κ2) is 5.30. The van der Waals surface area contributed by atoms with Gasteiger partial charge in [0.05, 0.1) is 13.1 Å². The maximum atomic E-state index is 11.8. The van der Waals surface area contributed by atoms with Crippen LogP contribution in [0.2, 0.25) is 0 Å². The Bertz CT molecular complexity index is 461. The molecule has 1 saturated heterocycles. The Morgan fingerprint density at radius 1 is 1.28 bits per heavy atom. The first-order valence-electron chi connectivity index (χ1n) is 5.68. The lowest BCUT2D eigenvalue weighted by atomic mass is 10.3. The molecule has 98 valence electrons. The summed E-state index contributed by atoms with van der Waals surface area (Å²) in [5, 5.41) is 12.5. The average Bonchev–Trinajstić information content (AvgIpc) is 2.74. The fourth-order valence-corrected chi connectivity index (χ4v) is 2.43. The quantitative estimate of drug-likeness (QED) is 0.817. The van der Waals surface area contributed by atoms with Crippen LogP contribution in [-0.2, 0) is 16.1 Å². The van der Waals surface area contributed by atoms with Gasteiger partial charge in [-0.3, -0.25) is 9.59 Å². The van der Waals surface area contributed by atoms with Crippen molar-refractivity contribution in [1.82, 2.24) is 20.0 Å². The maximum absolute atomic E-state index is 11.8. The first-order valence-corrected chi connectivity index (χ1v) is 6.49. The Morgan fingerprint density at radius 3 is 2.78 bits per heavy atom. The molecule has 7 nitrogen and oxygen atoms in total. The SMILES string of the molecule is CCNc1nnc(CN2CC(=O)N(C)CC2=O)s1. The van der Waals surface area contributed by atoms with E-state index in [1.54, 1.807) is 7.05 Å². The number of anilines is 1. The molecule has 0 bridgehead atoms. The van der Waals surface area contributed by atoms with Crippen molar-refractivity contribution in [2.45, 2.75) is 13.5 Å². The summed E-state index contributed by atoms with van der Waals surface area (Å²) in [7, 11) is 1.63. The number of likely N-dealkylation sites (N-methyl/N-ethyl adjacent to an activating group) is 1. The molecule has 2 rings (SSSR count). The zero-order chi connectivity index (χ0) is 13.1. The monoisotopic (exact) mass is 269 g/mol. The minimum Gasteiger partial charge on any atom is -0.360 e. The van der Waals surface area contributed by atoms with Crippen molar-refractivity contribution in [3.63, 3.8) is 0 Å². The fraction of sp³-hybridized carbons (Fsp3) is 0.600. The van der Waals surface area contributed by atoms with Crippen molar-refractivity contribution < 1.29 is 9.59 Å². The number of amides is 2. The number of rotatable bonds is 4. The predicted molar refractivity (Wildman–Crippen MR) is 67.1 cm³/mol. The molecule has 1 aromatic rings. The maximum Gasteiger partial charge on any atom is 0.243 e. The molecule has 18 heavy (non-hydrogen) atoms. The van der Waals surface area contributed by atoms with Crippen LogP contribution < -0.4 is 5.32 Å². The number of aromatic nitrogens is 2. The molecule has 1 N–H and O–H groups in total. The summed E-state index contributed by atoms with van der Waals surface area (Å²) in [5.41, 5.74) is 0. The van der Waals surface area contributed by atoms with Gasteiger partial charge in [-0.25, -0.2) is 0 Å². The van der Waals surface area contributed by atoms with Gasteiger partial charge in [-0.1, -0.05) is 11.3 Å². The molecule has 0 unspecified atom stereocenters. The molecule has 0 spiro atoms. The van der Waals surface area contributed by atoms with Crippen LogP contribution in [0.4, 0.5) is 5.13 Å². The fourth-order valence-electron chi connectivity index (χ4n) is 1.61. The third kappa shape index (κ3) is 2.76. The van der Waals surface area contributed by atoms with Crippen molar-refractivity contribution >= 4 is 28.3 Å². The number of hydrogen-bond donors (Lipinski definition) is 1. The Morgan fingerprint density at radius 2 is 2.06 bits per heavy atom. The summed E-state index contributed by atoms with van der Waals surface area (Å²) in [5.74, 6) is -0.108. The van der Waals surface area contributed by atoms with Gasteiger partial charge in [0.25, 0.3) is 0 Å². The number of carbonyl (C=O) groups is 2. The predicted octanol–water partition coefficient (Wildman–Crippen LogP) is -0.230. The molecular formula is C10H15N5O2S. The average molecular weight is 269 g/mol. The third-order valence-electron chi connectivity index (χ3n) is 2.60. The number of nitrogens with zero attached hydrogens (tertiary/aromatic N) is 4. The molecule has 1 aliphatic rings. The van der Waals surface area contributed by atoms with Crippen LogP contribution in [-0.4, -0.2) is 58.5 Å². The lowest BCUT2D eigenvalue weighted by Crippen LogP contribution is -2.51. The zero-order valence-electron chi connectivity index (χ0n) is 10.3. The molecule has 0 radical (unpaired) electrons. The minimum absolute atomic E-state index is 0.0500. The van der Waals surface area contributed by atoms with Crippen LogP contribution in [0.5, 0.6) is 0 Å². The largest absolute Gasteiger partial charge is 0.360 e. The highest BCUT2D eigenvalue weighted by atomic mass is 32.1. The van der Waals surface area contributed by atoms with Gasteiger partial charge >= 0.3 is 0 Å². The van der Waals surface area contributed by atoms with Crippen LogP contribution in [0.3, 0.4) is 0 Å². The molecule has 8 heteroatoms. The standard InChI is InChI=1S/C10H15N5O2S/c1-3-11-10-13-12-7(18-10)4-15-6-8(16)14(2)5-9(15)17/h3-6H2,1-2H3,(H,11,13). The molecule has 2 amide bonds. The molecule has 2 heterocycles. The van der Waals surface area contributed by atoms with E-state index in [0.29, 0.717) is 6.54 Å². The van der Waals surface area contributed by atoms with Gasteiger partial charge in [0.1, 0.15) is 11.6 Å². The summed E-state index contributed by atoms with van der Waals surface area (Å²) in [6.07, 6.45) is 0. The van der Waals surface area contributed by atoms with E-state index in [0.717, 1.165) is 16.7 Å². The van der Waals surface area contributed by atoms with E-state index in [1.165, 1.54) is 21.1 Å². The smallest absolute Gasteiger partial charge is 0.243 e. The molecule has 0 aromatic carbocycles. The van der Waals surface area contributed by atoms with Crippen LogP contribution in [0, 0.1) is 0 Å². The summed E-state index contributed by atoms with van der Waals surface area (Å²) >= 11 is 1.40. The van der Waals surface area contributed by atoms with Gasteiger partial charge < -0.3 is 15.1 Å². The van der Waals surface area contributed by atoms with Crippen LogP contribution in [0.15, 0.2) is 0 Å². The normalized spacial score (nSPS) is 16.3. The van der Waals surface area contributed by atoms with Crippen LogP contribution in [0.1, 0.15) is 11.9 Å². The highest BCUT2D eigenvalue weighted by molar-refractivity contribution is 7.15. The highest BCUT2D eigenvalue weighted by Gasteiger charge is 2.28. The Kier molecular flexibility index (Phi) is 3.75. The van der Waals surface area contributed by atoms with Crippen LogP contribution >= 0.6 is 11.3 Å². The summed E-state index contributed by atoms with van der Waals surface area (Å²) < 4.78 is 0. The van der Waals surface area contributed by atoms with Crippen molar-refractivity contribution in [2.24, 2.45) is 0 Å². The van der Waals surface area contributed by atoms with Gasteiger partial charge in [0.15, 0.2) is 0 Å². The zero-order valence-corrected chi connectivity index (χ0v) is 11.2. The molecule has 1 aromatic heterocycles. The van der Waals surface area contributed by atoms with E-state index in [-0.39, 0.29) is 24.9 Å². The lowest BCUT2D eigenvalue weighted by molar-refractivity contribution is -0.149. The number of carbonyl (C=O) groups excluding carboxylic acids is 2. The van der Waals surface area contributed by atoms with Crippen LogP contribution in [0.25, 0.3) is 0 Å². The van der Waals surface area contributed by atoms with Gasteiger partial charge in [-0.05, 0) is 6.92 Å². The van der Waals surface area contributed by atoms with Gasteiger partial charge in [0.2, 0.25) is 16.9 Å². The third-order valence-corrected chi connectivity index (χ3v) is 3.46. The summed E-state index contributed by atoms with van der Waals surface area (Å²) in [6.45, 7) is 3.36. The van der Waals surface area contributed by atoms with Gasteiger partial charge in [-0.15, -0.1) is 10.2 Å². The van der Waals surface area contributed by atoms with Gasteiger partial charge in [-0.2, -0.15) is 0 Å². The van der Waals surface area contributed by atoms with E-state index in [2.05, 4.69) is 15.5 Å². The molecule has 0 atom stereocenters. The first-order chi connectivity index (χ1) is 8.60. The number of piperazine rings is 1. The second-order valence-corrected chi connectivity index (χ2v) is 5.09. The first kappa shape index (κ1) is 12.7. The topological polar surface area (TPSA) is 78.4 Å². The van der Waals surface area contributed by atoms with E-state index >= 15 is 0 Å². The summed E-state index contributed by atoms with van der Waals surface area (Å²) in [6, 6.07) is 0. The van der Waals surface area contributed by atoms with Crippen molar-refractivity contribution in [3.05, 3.63) is 5.01 Å². The van der Waals surface area contributed by atoms with Gasteiger partial charge in [0, 0.05) is 13.6 Å². The Balaban J connectivity index is 1.99. The Labute approximate surface area is 109 Å². The highest BCUT2D eigenvalue weighted by Crippen LogP contribution is 2.17. The molecule has 1 fully saturated rings. The number of hydrogen-bond acceptors (Lipinski definition) is 6. The number of nitrogens with one attached hydrogen (secondary N) is 1. The molecule has 1 aliphatic heterocycles. The van der Waals surface area contributed by atoms with E-state index in [1.807, 2.05) is 6.92 Å². The minimum atomic E-state index is -0.0581. The van der Waals surface area contributed by atoms with E-state index < -0.39 is 0 Å². The molecular weight excluding hydrogens is 254 g/mol. The molecule has 0 aliphatic carbocycles. The van der Waals surface area contributed by atoms with Crippen molar-refractivity contribution in [1.29, 1.82) is 0 Å². The van der Waals surface area contributed by atoms with Crippen molar-refractivity contribution in [3.8, 4) is 0 Å². The second-order valence-electron chi connectivity index (χ2n) is 4.03.